The van der Waals surface area contributed by atoms with Crippen molar-refractivity contribution in [2.24, 2.45) is 5.92 Å². The molecule has 1 aliphatic rings. The fraction of sp³-hybridized carbons (Fsp3) is 0.538. The summed E-state index contributed by atoms with van der Waals surface area (Å²) in [4.78, 5) is 2.21. The Morgan fingerprint density at radius 1 is 1.06 bits per heavy atom. The number of benzene rings is 2. The summed E-state index contributed by atoms with van der Waals surface area (Å²) < 4.78 is 18.2. The first-order chi connectivity index (χ1) is 15.8. The molecule has 2 aromatic rings. The maximum absolute atomic E-state index is 10.3. The number of ether oxygens (including phenoxy) is 3. The molecule has 0 bridgehead atoms. The Balaban J connectivity index is 1.57. The van der Waals surface area contributed by atoms with Gasteiger partial charge in [-0.25, -0.2) is 0 Å². The Morgan fingerprint density at radius 2 is 1.73 bits per heavy atom. The van der Waals surface area contributed by atoms with Crippen LogP contribution in [0.5, 0.6) is 11.5 Å². The van der Waals surface area contributed by atoms with Gasteiger partial charge in [0.15, 0.2) is 0 Å². The van der Waals surface area contributed by atoms with Crippen molar-refractivity contribution in [1.29, 1.82) is 0 Å². The smallest absolute Gasteiger partial charge is 0.132 e. The first kappa shape index (κ1) is 26.5. The first-order valence-corrected chi connectivity index (χ1v) is 13.1. The number of hydrogen-bond donors (Lipinski definition) is 1. The lowest BCUT2D eigenvalue weighted by Gasteiger charge is -2.28. The molecular weight excluding hydrogens is 549 g/mol. The highest BCUT2D eigenvalue weighted by Gasteiger charge is 2.24. The van der Waals surface area contributed by atoms with Gasteiger partial charge in [-0.3, -0.25) is 4.90 Å². The molecule has 7 heteroatoms. The SMILES string of the molecule is C[C@@H](CCl)COc1ccc(C(C)(C)c2ccc(OC[C@@H](O)CN3CCOCC3)cc2)cc1[123I]. The van der Waals surface area contributed by atoms with Crippen molar-refractivity contribution in [3.05, 3.63) is 57.2 Å². The van der Waals surface area contributed by atoms with E-state index in [1.807, 2.05) is 18.2 Å². The van der Waals surface area contributed by atoms with Gasteiger partial charge >= 0.3 is 0 Å². The van der Waals surface area contributed by atoms with Crippen LogP contribution in [-0.4, -0.2) is 68.1 Å². The van der Waals surface area contributed by atoms with Crippen LogP contribution < -0.4 is 9.47 Å². The summed E-state index contributed by atoms with van der Waals surface area (Å²) in [6, 6.07) is 14.5. The minimum atomic E-state index is -0.519. The van der Waals surface area contributed by atoms with Crippen LogP contribution in [0.3, 0.4) is 0 Å². The number of aliphatic hydroxyl groups is 1. The van der Waals surface area contributed by atoms with Gasteiger partial charge in [0.2, 0.25) is 0 Å². The minimum Gasteiger partial charge on any atom is -0.492 e. The van der Waals surface area contributed by atoms with E-state index in [2.05, 4.69) is 72.5 Å². The third kappa shape index (κ3) is 7.72. The molecule has 1 heterocycles. The molecule has 1 fully saturated rings. The summed E-state index contributed by atoms with van der Waals surface area (Å²) in [5.41, 5.74) is 2.25. The number of β-amino-alcohol motifs (C(OH)–C–C–N with tert-alkyl or cyclic N) is 1. The van der Waals surface area contributed by atoms with Gasteiger partial charge in [0, 0.05) is 36.8 Å². The van der Waals surface area contributed by atoms with Gasteiger partial charge in [0.1, 0.15) is 24.2 Å². The summed E-state index contributed by atoms with van der Waals surface area (Å²) in [5, 5.41) is 10.3. The largest absolute Gasteiger partial charge is 0.492 e. The normalized spacial score (nSPS) is 16.9. The lowest BCUT2D eigenvalue weighted by Crippen LogP contribution is -2.42. The predicted molar refractivity (Wildman–Crippen MR) is 142 cm³/mol. The standard InChI is InChI=1S/C26H35ClINO4/c1-19(15-27)17-33-25-9-6-21(14-24(25)28)26(2,3)20-4-7-23(8-5-20)32-18-22(30)16-29-10-12-31-13-11-29/h4-9,14,19,22,30H,10-13,15-18H2,1-3H3/t19-,22-/m0/s1/i28-4. The van der Waals surface area contributed by atoms with Gasteiger partial charge in [-0.2, -0.15) is 0 Å². The molecule has 3 rings (SSSR count). The van der Waals surface area contributed by atoms with Gasteiger partial charge in [0.05, 0.1) is 23.4 Å². The van der Waals surface area contributed by atoms with Crippen LogP contribution in [0.15, 0.2) is 42.5 Å². The molecule has 1 saturated heterocycles. The molecule has 0 unspecified atom stereocenters. The zero-order chi connectivity index (χ0) is 23.8. The third-order valence-electron chi connectivity index (χ3n) is 6.03. The molecule has 1 aliphatic heterocycles. The van der Waals surface area contributed by atoms with E-state index in [9.17, 15) is 5.11 Å². The summed E-state index contributed by atoms with van der Waals surface area (Å²) in [7, 11) is 0. The molecule has 0 amide bonds. The molecule has 0 aliphatic carbocycles. The topological polar surface area (TPSA) is 51.2 Å². The molecule has 2 atom stereocenters. The summed E-state index contributed by atoms with van der Waals surface area (Å²) in [6.07, 6.45) is -0.519. The highest BCUT2D eigenvalue weighted by atomic mass is 123. The van der Waals surface area contributed by atoms with Gasteiger partial charge < -0.3 is 19.3 Å². The number of alkyl halides is 1. The molecule has 0 aromatic heterocycles. The highest BCUT2D eigenvalue weighted by Crippen LogP contribution is 2.35. The van der Waals surface area contributed by atoms with E-state index in [4.69, 9.17) is 25.8 Å². The number of halogens is 2. The van der Waals surface area contributed by atoms with Crippen LogP contribution in [0.4, 0.5) is 0 Å². The molecule has 1 N–H and O–H groups in total. The quantitative estimate of drug-likeness (QED) is 0.300. The molecule has 0 spiro atoms. The van der Waals surface area contributed by atoms with Crippen molar-refractivity contribution in [3.8, 4) is 11.5 Å². The van der Waals surface area contributed by atoms with Crippen molar-refractivity contribution in [2.75, 3.05) is 51.9 Å². The monoisotopic (exact) mass is 583 g/mol. The van der Waals surface area contributed by atoms with Crippen LogP contribution in [0.2, 0.25) is 0 Å². The van der Waals surface area contributed by atoms with Gasteiger partial charge in [-0.1, -0.05) is 39.0 Å². The minimum absolute atomic E-state index is 0.170. The number of hydrogen-bond acceptors (Lipinski definition) is 5. The molecule has 182 valence electrons. The number of rotatable bonds is 11. The summed E-state index contributed by atoms with van der Waals surface area (Å²) in [5.74, 6) is 2.57. The second-order valence-corrected chi connectivity index (χ2v) is 10.7. The van der Waals surface area contributed by atoms with Crippen LogP contribution >= 0.6 is 34.2 Å². The lowest BCUT2D eigenvalue weighted by molar-refractivity contribution is 0.00465. The van der Waals surface area contributed by atoms with Crippen LogP contribution in [0.25, 0.3) is 0 Å². The van der Waals surface area contributed by atoms with Crippen molar-refractivity contribution < 1.29 is 19.3 Å². The number of aliphatic hydroxyl groups excluding tert-OH is 1. The molecule has 33 heavy (non-hydrogen) atoms. The number of nitrogens with zero attached hydrogens (tertiary/aromatic N) is 1. The van der Waals surface area contributed by atoms with E-state index >= 15 is 0 Å². The van der Waals surface area contributed by atoms with E-state index in [-0.39, 0.29) is 12.0 Å². The van der Waals surface area contributed by atoms with E-state index in [1.165, 1.54) is 11.1 Å². The Hall–Kier alpha value is -1.06. The number of morpholine rings is 1. The maximum atomic E-state index is 10.3. The predicted octanol–water partition coefficient (Wildman–Crippen LogP) is 4.94. The van der Waals surface area contributed by atoms with E-state index in [1.54, 1.807) is 0 Å². The Bertz CT molecular complexity index is 871. The van der Waals surface area contributed by atoms with Crippen molar-refractivity contribution in [2.45, 2.75) is 32.3 Å². The lowest BCUT2D eigenvalue weighted by atomic mass is 9.78. The fourth-order valence-corrected chi connectivity index (χ4v) is 4.50. The Morgan fingerprint density at radius 3 is 2.36 bits per heavy atom. The van der Waals surface area contributed by atoms with Gasteiger partial charge in [-0.05, 0) is 58.0 Å². The maximum Gasteiger partial charge on any atom is 0.132 e. The zero-order valence-electron chi connectivity index (χ0n) is 19.7. The van der Waals surface area contributed by atoms with Crippen LogP contribution in [0.1, 0.15) is 31.9 Å². The molecule has 2 aromatic carbocycles. The van der Waals surface area contributed by atoms with E-state index < -0.39 is 6.10 Å². The summed E-state index contributed by atoms with van der Waals surface area (Å²) in [6.45, 7) is 11.2. The van der Waals surface area contributed by atoms with Crippen LogP contribution in [0, 0.1) is 9.49 Å². The second-order valence-electron chi connectivity index (χ2n) is 9.24. The average Bonchev–Trinajstić information content (AvgIpc) is 2.82. The molecule has 5 nitrogen and oxygen atoms in total. The van der Waals surface area contributed by atoms with Crippen molar-refractivity contribution >= 4 is 34.2 Å². The van der Waals surface area contributed by atoms with E-state index in [0.29, 0.717) is 24.9 Å². The fourth-order valence-electron chi connectivity index (χ4n) is 3.74. The zero-order valence-corrected chi connectivity index (χ0v) is 22.6. The Labute approximate surface area is 216 Å². The van der Waals surface area contributed by atoms with Gasteiger partial charge in [0.25, 0.3) is 0 Å². The third-order valence-corrected chi connectivity index (χ3v) is 7.40. The summed E-state index contributed by atoms with van der Waals surface area (Å²) >= 11 is 8.22. The first-order valence-electron chi connectivity index (χ1n) is 11.5. The van der Waals surface area contributed by atoms with Crippen molar-refractivity contribution in [3.63, 3.8) is 0 Å². The average molecular weight is 584 g/mol. The molecule has 0 saturated carbocycles. The van der Waals surface area contributed by atoms with E-state index in [0.717, 1.165) is 41.4 Å². The Kier molecular flexibility index (Phi) is 10.1. The van der Waals surface area contributed by atoms with Crippen molar-refractivity contribution in [1.82, 2.24) is 4.90 Å². The second kappa shape index (κ2) is 12.6. The van der Waals surface area contributed by atoms with Gasteiger partial charge in [-0.15, -0.1) is 11.6 Å². The molecule has 0 radical (unpaired) electrons. The highest BCUT2D eigenvalue weighted by molar-refractivity contribution is 14.1. The van der Waals surface area contributed by atoms with Crippen LogP contribution in [-0.2, 0) is 10.2 Å². The molecular formula is C26H35ClINO4.